The second-order valence-corrected chi connectivity index (χ2v) is 4.85. The van der Waals surface area contributed by atoms with Gasteiger partial charge in [-0.15, -0.1) is 0 Å². The summed E-state index contributed by atoms with van der Waals surface area (Å²) in [6, 6.07) is 4.47. The molecule has 1 aliphatic rings. The van der Waals surface area contributed by atoms with Gasteiger partial charge in [-0.1, -0.05) is 0 Å². The maximum absolute atomic E-state index is 13.1. The average molecular weight is 241 g/mol. The van der Waals surface area contributed by atoms with Crippen LogP contribution >= 0.6 is 11.8 Å². The van der Waals surface area contributed by atoms with Gasteiger partial charge in [0.05, 0.1) is 5.56 Å². The molecule has 3 nitrogen and oxygen atoms in total. The van der Waals surface area contributed by atoms with E-state index in [1.807, 2.05) is 11.8 Å². The van der Waals surface area contributed by atoms with Crippen LogP contribution in [-0.2, 0) is 0 Å². The molecule has 0 spiro atoms. The molecule has 5 heteroatoms. The highest BCUT2D eigenvalue weighted by Gasteiger charge is 2.16. The Morgan fingerprint density at radius 2 is 2.38 bits per heavy atom. The van der Waals surface area contributed by atoms with Crippen molar-refractivity contribution >= 4 is 23.4 Å². The quantitative estimate of drug-likeness (QED) is 0.853. The molecule has 1 aromatic rings. The Balaban J connectivity index is 2.15. The van der Waals surface area contributed by atoms with E-state index in [2.05, 4.69) is 5.32 Å². The van der Waals surface area contributed by atoms with Crippen molar-refractivity contribution in [2.24, 2.45) is 0 Å². The van der Waals surface area contributed by atoms with Gasteiger partial charge in [-0.25, -0.2) is 9.18 Å². The van der Waals surface area contributed by atoms with Gasteiger partial charge in [-0.05, 0) is 30.4 Å². The van der Waals surface area contributed by atoms with E-state index >= 15 is 0 Å². The molecular formula is C11H12FNO2S. The number of nitrogens with one attached hydrogen (secondary N) is 1. The lowest BCUT2D eigenvalue weighted by molar-refractivity contribution is 0.0692. The van der Waals surface area contributed by atoms with E-state index in [0.29, 0.717) is 11.7 Å². The fraction of sp³-hybridized carbons (Fsp3) is 0.364. The first-order valence-electron chi connectivity index (χ1n) is 5.04. The number of benzene rings is 1. The van der Waals surface area contributed by atoms with E-state index in [4.69, 9.17) is 5.11 Å². The summed E-state index contributed by atoms with van der Waals surface area (Å²) in [6.45, 7) is 0. The van der Waals surface area contributed by atoms with Gasteiger partial charge in [0, 0.05) is 17.5 Å². The molecule has 16 heavy (non-hydrogen) atoms. The van der Waals surface area contributed by atoms with Crippen LogP contribution in [0.15, 0.2) is 18.2 Å². The van der Waals surface area contributed by atoms with E-state index in [-0.39, 0.29) is 5.56 Å². The fourth-order valence-electron chi connectivity index (χ4n) is 1.66. The number of halogens is 1. The van der Waals surface area contributed by atoms with E-state index in [9.17, 15) is 9.18 Å². The highest BCUT2D eigenvalue weighted by molar-refractivity contribution is 7.99. The molecule has 1 saturated heterocycles. The van der Waals surface area contributed by atoms with Crippen LogP contribution in [0, 0.1) is 5.82 Å². The van der Waals surface area contributed by atoms with Crippen LogP contribution < -0.4 is 5.32 Å². The molecule has 1 aromatic carbocycles. The second-order valence-electron chi connectivity index (χ2n) is 3.70. The standard InChI is InChI=1S/C11H12FNO2S/c12-10-2-1-7(5-9(10)11(14)15)13-8-3-4-16-6-8/h1-2,5,8,13H,3-4,6H2,(H,14,15). The zero-order valence-electron chi connectivity index (χ0n) is 8.57. The summed E-state index contributed by atoms with van der Waals surface area (Å²) >= 11 is 1.86. The van der Waals surface area contributed by atoms with Crippen LogP contribution in [0.25, 0.3) is 0 Å². The molecule has 1 heterocycles. The minimum absolute atomic E-state index is 0.282. The van der Waals surface area contributed by atoms with Crippen LogP contribution in [0.4, 0.5) is 10.1 Å². The molecular weight excluding hydrogens is 229 g/mol. The Labute approximate surface area is 97.0 Å². The number of carboxylic acid groups (broad SMARTS) is 1. The van der Waals surface area contributed by atoms with Gasteiger partial charge in [0.25, 0.3) is 0 Å². The molecule has 2 rings (SSSR count). The van der Waals surface area contributed by atoms with E-state index in [1.54, 1.807) is 6.07 Å². The molecule has 0 amide bonds. The summed E-state index contributed by atoms with van der Waals surface area (Å²) in [4.78, 5) is 10.7. The van der Waals surface area contributed by atoms with Crippen LogP contribution in [0.5, 0.6) is 0 Å². The van der Waals surface area contributed by atoms with Crippen LogP contribution in [0.1, 0.15) is 16.8 Å². The van der Waals surface area contributed by atoms with Crippen LogP contribution in [-0.4, -0.2) is 28.6 Å². The molecule has 1 unspecified atom stereocenters. The zero-order chi connectivity index (χ0) is 11.5. The summed E-state index contributed by atoms with van der Waals surface area (Å²) in [7, 11) is 0. The molecule has 0 aliphatic carbocycles. The number of rotatable bonds is 3. The lowest BCUT2D eigenvalue weighted by Crippen LogP contribution is -2.18. The average Bonchev–Trinajstić information content (AvgIpc) is 2.73. The molecule has 0 saturated carbocycles. The molecule has 1 fully saturated rings. The largest absolute Gasteiger partial charge is 0.478 e. The van der Waals surface area contributed by atoms with Gasteiger partial charge in [0.1, 0.15) is 5.82 Å². The monoisotopic (exact) mass is 241 g/mol. The summed E-state index contributed by atoms with van der Waals surface area (Å²) < 4.78 is 13.1. The number of carbonyl (C=O) groups is 1. The van der Waals surface area contributed by atoms with Crippen molar-refractivity contribution < 1.29 is 14.3 Å². The Hall–Kier alpha value is -1.23. The van der Waals surface area contributed by atoms with Crippen molar-refractivity contribution in [3.63, 3.8) is 0 Å². The van der Waals surface area contributed by atoms with Crippen molar-refractivity contribution in [2.45, 2.75) is 12.5 Å². The predicted octanol–water partition coefficient (Wildman–Crippen LogP) is 2.44. The van der Waals surface area contributed by atoms with Crippen LogP contribution in [0.2, 0.25) is 0 Å². The lowest BCUT2D eigenvalue weighted by atomic mass is 10.1. The summed E-state index contributed by atoms with van der Waals surface area (Å²) in [5, 5.41) is 12.0. The Kier molecular flexibility index (Phi) is 3.33. The van der Waals surface area contributed by atoms with Crippen molar-refractivity contribution in [2.75, 3.05) is 16.8 Å². The molecule has 0 aromatic heterocycles. The number of carboxylic acids is 1. The van der Waals surface area contributed by atoms with Gasteiger partial charge in [0.15, 0.2) is 0 Å². The predicted molar refractivity (Wildman–Crippen MR) is 62.7 cm³/mol. The highest BCUT2D eigenvalue weighted by atomic mass is 32.2. The van der Waals surface area contributed by atoms with Gasteiger partial charge >= 0.3 is 5.97 Å². The number of thioether (sulfide) groups is 1. The van der Waals surface area contributed by atoms with E-state index in [1.165, 1.54) is 12.1 Å². The molecule has 86 valence electrons. The van der Waals surface area contributed by atoms with Crippen molar-refractivity contribution in [1.29, 1.82) is 0 Å². The number of anilines is 1. The third-order valence-electron chi connectivity index (χ3n) is 2.50. The maximum atomic E-state index is 13.1. The molecule has 1 aliphatic heterocycles. The van der Waals surface area contributed by atoms with E-state index < -0.39 is 11.8 Å². The minimum Gasteiger partial charge on any atom is -0.478 e. The lowest BCUT2D eigenvalue weighted by Gasteiger charge is -2.13. The Bertz CT molecular complexity index is 405. The van der Waals surface area contributed by atoms with Crippen molar-refractivity contribution in [1.82, 2.24) is 0 Å². The Morgan fingerprint density at radius 3 is 3.00 bits per heavy atom. The summed E-state index contributed by atoms with van der Waals surface area (Å²) in [6.07, 6.45) is 1.06. The maximum Gasteiger partial charge on any atom is 0.338 e. The second kappa shape index (κ2) is 4.74. The first-order chi connectivity index (χ1) is 7.66. The zero-order valence-corrected chi connectivity index (χ0v) is 9.39. The van der Waals surface area contributed by atoms with Crippen LogP contribution in [0.3, 0.4) is 0 Å². The van der Waals surface area contributed by atoms with Gasteiger partial charge in [-0.3, -0.25) is 0 Å². The first-order valence-corrected chi connectivity index (χ1v) is 6.19. The smallest absolute Gasteiger partial charge is 0.338 e. The SMILES string of the molecule is O=C(O)c1cc(NC2CCSC2)ccc1F. The number of hydrogen-bond acceptors (Lipinski definition) is 3. The van der Waals surface area contributed by atoms with E-state index in [0.717, 1.165) is 17.9 Å². The molecule has 0 radical (unpaired) electrons. The Morgan fingerprint density at radius 1 is 1.56 bits per heavy atom. The number of hydrogen-bond donors (Lipinski definition) is 2. The summed E-state index contributed by atoms with van der Waals surface area (Å²) in [5.74, 6) is 0.200. The van der Waals surface area contributed by atoms with Gasteiger partial charge in [0.2, 0.25) is 0 Å². The third-order valence-corrected chi connectivity index (χ3v) is 3.66. The number of aromatic carboxylic acids is 1. The molecule has 0 bridgehead atoms. The van der Waals surface area contributed by atoms with Crippen molar-refractivity contribution in [3.05, 3.63) is 29.6 Å². The first kappa shape index (κ1) is 11.3. The van der Waals surface area contributed by atoms with Gasteiger partial charge in [-0.2, -0.15) is 11.8 Å². The minimum atomic E-state index is -1.23. The van der Waals surface area contributed by atoms with Gasteiger partial charge < -0.3 is 10.4 Å². The fourth-order valence-corrected chi connectivity index (χ4v) is 2.82. The molecule has 2 N–H and O–H groups in total. The summed E-state index contributed by atoms with van der Waals surface area (Å²) in [5.41, 5.74) is 0.391. The molecule has 1 atom stereocenters. The third kappa shape index (κ3) is 2.47. The topological polar surface area (TPSA) is 49.3 Å². The highest BCUT2D eigenvalue weighted by Crippen LogP contribution is 2.22. The normalized spacial score (nSPS) is 19.7. The van der Waals surface area contributed by atoms with Crippen molar-refractivity contribution in [3.8, 4) is 0 Å².